The van der Waals surface area contributed by atoms with E-state index in [-0.39, 0.29) is 24.1 Å². The molecule has 0 spiro atoms. The van der Waals surface area contributed by atoms with Gasteiger partial charge in [-0.05, 0) is 62.4 Å². The van der Waals surface area contributed by atoms with Crippen molar-refractivity contribution in [1.82, 2.24) is 14.8 Å². The summed E-state index contributed by atoms with van der Waals surface area (Å²) in [6, 6.07) is 16.9. The van der Waals surface area contributed by atoms with Crippen LogP contribution < -0.4 is 0 Å². The van der Waals surface area contributed by atoms with Gasteiger partial charge in [0.05, 0.1) is 10.5 Å². The van der Waals surface area contributed by atoms with Crippen molar-refractivity contribution in [2.24, 2.45) is 0 Å². The number of aromatic nitrogens is 3. The van der Waals surface area contributed by atoms with Crippen molar-refractivity contribution in [2.45, 2.75) is 20.5 Å². The maximum Gasteiger partial charge on any atom is 0.338 e. The van der Waals surface area contributed by atoms with Gasteiger partial charge < -0.3 is 13.7 Å². The molecule has 4 aromatic rings. The lowest BCUT2D eigenvalue weighted by atomic mass is 10.2. The maximum atomic E-state index is 12.3. The Kier molecular flexibility index (Phi) is 5.31. The minimum atomic E-state index is -0.511. The predicted octanol–water partition coefficient (Wildman–Crippen LogP) is 4.41. The third kappa shape index (κ3) is 4.20. The fraction of sp³-hybridized carbons (Fsp3) is 0.136. The van der Waals surface area contributed by atoms with Gasteiger partial charge in [-0.2, -0.15) is 0 Å². The van der Waals surface area contributed by atoms with Gasteiger partial charge >= 0.3 is 5.97 Å². The molecular weight excluding hydrogens is 400 g/mol. The normalized spacial score (nSPS) is 10.8. The Morgan fingerprint density at radius 1 is 1.00 bits per heavy atom. The van der Waals surface area contributed by atoms with Crippen molar-refractivity contribution in [3.63, 3.8) is 0 Å². The summed E-state index contributed by atoms with van der Waals surface area (Å²) in [6.07, 6.45) is 0. The van der Waals surface area contributed by atoms with Gasteiger partial charge in [0.25, 0.3) is 11.6 Å². The lowest BCUT2D eigenvalue weighted by Gasteiger charge is -2.10. The third-order valence-corrected chi connectivity index (χ3v) is 4.75. The average Bonchev–Trinajstić information content (AvgIpc) is 3.38. The summed E-state index contributed by atoms with van der Waals surface area (Å²) in [7, 11) is 0. The van der Waals surface area contributed by atoms with Crippen LogP contribution >= 0.6 is 0 Å². The largest absolute Gasteiger partial charge is 0.452 e. The molecule has 0 bridgehead atoms. The first kappa shape index (κ1) is 20.0. The Bertz CT molecular complexity index is 1220. The molecule has 2 heterocycles. The molecule has 9 heteroatoms. The molecule has 156 valence electrons. The second-order valence-electron chi connectivity index (χ2n) is 6.88. The topological polar surface area (TPSA) is 113 Å². The number of benzene rings is 2. The van der Waals surface area contributed by atoms with Crippen LogP contribution in [0.3, 0.4) is 0 Å². The number of rotatable bonds is 6. The summed E-state index contributed by atoms with van der Waals surface area (Å²) >= 11 is 0. The van der Waals surface area contributed by atoms with Crippen molar-refractivity contribution < 1.29 is 18.9 Å². The zero-order chi connectivity index (χ0) is 22.0. The zero-order valence-electron chi connectivity index (χ0n) is 16.8. The number of esters is 1. The zero-order valence-corrected chi connectivity index (χ0v) is 16.8. The minimum Gasteiger partial charge on any atom is -0.452 e. The molecule has 0 saturated heterocycles. The number of carbonyl (C=O) groups is 1. The first-order valence-electron chi connectivity index (χ1n) is 9.42. The molecular formula is C22H18N4O5. The van der Waals surface area contributed by atoms with Crippen molar-refractivity contribution >= 4 is 11.7 Å². The van der Waals surface area contributed by atoms with Crippen LogP contribution in [0.5, 0.6) is 0 Å². The molecule has 0 aliphatic heterocycles. The molecule has 2 aromatic carbocycles. The van der Waals surface area contributed by atoms with Gasteiger partial charge in [-0.15, -0.1) is 10.2 Å². The van der Waals surface area contributed by atoms with E-state index in [9.17, 15) is 14.9 Å². The quantitative estimate of drug-likeness (QED) is 0.259. The predicted molar refractivity (Wildman–Crippen MR) is 111 cm³/mol. The molecule has 0 unspecified atom stereocenters. The maximum absolute atomic E-state index is 12.3. The number of non-ortho nitro benzene ring substituents is 1. The summed E-state index contributed by atoms with van der Waals surface area (Å²) < 4.78 is 12.8. The molecule has 4 rings (SSSR count). The van der Waals surface area contributed by atoms with Crippen LogP contribution in [0.4, 0.5) is 5.69 Å². The van der Waals surface area contributed by atoms with Crippen LogP contribution in [0.1, 0.15) is 27.6 Å². The fourth-order valence-electron chi connectivity index (χ4n) is 3.19. The molecule has 31 heavy (non-hydrogen) atoms. The number of nitrogens with zero attached hydrogens (tertiary/aromatic N) is 4. The highest BCUT2D eigenvalue weighted by Crippen LogP contribution is 2.22. The smallest absolute Gasteiger partial charge is 0.338 e. The molecule has 9 nitrogen and oxygen atoms in total. The molecule has 0 amide bonds. The standard InChI is InChI=1S/C22H18N4O5/c1-14-3-4-15(2)25(14)18-9-7-17(8-10-18)22(27)30-13-20-23-24-21(31-20)16-5-11-19(12-6-16)26(28)29/h3-12H,13H2,1-2H3. The SMILES string of the molecule is Cc1ccc(C)n1-c1ccc(C(=O)OCc2nnc(-c3ccc([N+](=O)[O-])cc3)o2)cc1. The Labute approximate surface area is 177 Å². The van der Waals surface area contributed by atoms with E-state index >= 15 is 0 Å². The summed E-state index contributed by atoms with van der Waals surface area (Å²) in [5, 5.41) is 18.5. The van der Waals surface area contributed by atoms with Gasteiger partial charge in [0, 0.05) is 34.8 Å². The van der Waals surface area contributed by atoms with Crippen molar-refractivity contribution in [3.05, 3.63) is 93.6 Å². The lowest BCUT2D eigenvalue weighted by molar-refractivity contribution is -0.384. The third-order valence-electron chi connectivity index (χ3n) is 4.75. The van der Waals surface area contributed by atoms with Crippen LogP contribution in [-0.4, -0.2) is 25.7 Å². The highest BCUT2D eigenvalue weighted by atomic mass is 16.6. The first-order valence-corrected chi connectivity index (χ1v) is 9.42. The van der Waals surface area contributed by atoms with Crippen LogP contribution in [0.25, 0.3) is 17.1 Å². The van der Waals surface area contributed by atoms with Crippen LogP contribution in [-0.2, 0) is 11.3 Å². The molecule has 0 fully saturated rings. The lowest BCUT2D eigenvalue weighted by Crippen LogP contribution is -2.06. The van der Waals surface area contributed by atoms with E-state index in [1.54, 1.807) is 12.1 Å². The van der Waals surface area contributed by atoms with Gasteiger partial charge in [0.15, 0.2) is 6.61 Å². The van der Waals surface area contributed by atoms with E-state index in [1.807, 2.05) is 38.1 Å². The van der Waals surface area contributed by atoms with Crippen molar-refractivity contribution in [2.75, 3.05) is 0 Å². The number of nitro groups is 1. The molecule has 0 aliphatic carbocycles. The Hall–Kier alpha value is -4.27. The molecule has 0 aliphatic rings. The molecule has 0 radical (unpaired) electrons. The van der Waals surface area contributed by atoms with E-state index in [4.69, 9.17) is 9.15 Å². The van der Waals surface area contributed by atoms with Gasteiger partial charge in [0.2, 0.25) is 5.89 Å². The number of aryl methyl sites for hydroxylation is 2. The molecule has 2 aromatic heterocycles. The highest BCUT2D eigenvalue weighted by Gasteiger charge is 2.14. The number of carbonyl (C=O) groups excluding carboxylic acids is 1. The second kappa shape index (κ2) is 8.23. The molecule has 0 saturated carbocycles. The summed E-state index contributed by atoms with van der Waals surface area (Å²) in [6.45, 7) is 3.85. The minimum absolute atomic E-state index is 0.0365. The van der Waals surface area contributed by atoms with Crippen LogP contribution in [0.2, 0.25) is 0 Å². The van der Waals surface area contributed by atoms with Gasteiger partial charge in [-0.3, -0.25) is 10.1 Å². The number of ether oxygens (including phenoxy) is 1. The van der Waals surface area contributed by atoms with E-state index < -0.39 is 10.9 Å². The Morgan fingerprint density at radius 3 is 2.26 bits per heavy atom. The van der Waals surface area contributed by atoms with Crippen LogP contribution in [0, 0.1) is 24.0 Å². The summed E-state index contributed by atoms with van der Waals surface area (Å²) in [5.74, 6) is -0.206. The Balaban J connectivity index is 1.39. The van der Waals surface area contributed by atoms with Gasteiger partial charge in [-0.1, -0.05) is 0 Å². The highest BCUT2D eigenvalue weighted by molar-refractivity contribution is 5.89. The van der Waals surface area contributed by atoms with E-state index in [2.05, 4.69) is 14.8 Å². The van der Waals surface area contributed by atoms with Gasteiger partial charge in [-0.25, -0.2) is 4.79 Å². The van der Waals surface area contributed by atoms with E-state index in [0.29, 0.717) is 11.1 Å². The van der Waals surface area contributed by atoms with Crippen LogP contribution in [0.15, 0.2) is 65.1 Å². The fourth-order valence-corrected chi connectivity index (χ4v) is 3.19. The average molecular weight is 418 g/mol. The molecule has 0 atom stereocenters. The number of hydrogen-bond acceptors (Lipinski definition) is 7. The van der Waals surface area contributed by atoms with Crippen molar-refractivity contribution in [3.8, 4) is 17.1 Å². The Morgan fingerprint density at radius 2 is 1.65 bits per heavy atom. The number of hydrogen-bond donors (Lipinski definition) is 0. The number of nitro benzene ring substituents is 1. The van der Waals surface area contributed by atoms with Crippen molar-refractivity contribution in [1.29, 1.82) is 0 Å². The van der Waals surface area contributed by atoms with Gasteiger partial charge in [0.1, 0.15) is 0 Å². The van der Waals surface area contributed by atoms with E-state index in [0.717, 1.165) is 17.1 Å². The summed E-state index contributed by atoms with van der Waals surface area (Å²) in [4.78, 5) is 22.6. The second-order valence-corrected chi connectivity index (χ2v) is 6.88. The molecule has 0 N–H and O–H groups in total. The summed E-state index contributed by atoms with van der Waals surface area (Å²) in [5.41, 5.74) is 4.07. The monoisotopic (exact) mass is 418 g/mol. The van der Waals surface area contributed by atoms with E-state index in [1.165, 1.54) is 24.3 Å². The first-order chi connectivity index (χ1) is 14.9.